The van der Waals surface area contributed by atoms with Crippen molar-refractivity contribution in [3.05, 3.63) is 35.4 Å². The zero-order valence-electron chi connectivity index (χ0n) is 14.3. The number of amides is 3. The lowest BCUT2D eigenvalue weighted by molar-refractivity contribution is -0.137. The van der Waals surface area contributed by atoms with Crippen molar-refractivity contribution in [1.29, 1.82) is 0 Å². The molecule has 1 aromatic rings. The number of alkyl halides is 3. The molecule has 2 atom stereocenters. The Bertz CT molecular complexity index is 709. The lowest BCUT2D eigenvalue weighted by Crippen LogP contribution is -2.54. The molecule has 0 heterocycles. The van der Waals surface area contributed by atoms with Crippen LogP contribution in [0.15, 0.2) is 24.3 Å². The van der Waals surface area contributed by atoms with Crippen molar-refractivity contribution in [3.63, 3.8) is 0 Å². The van der Waals surface area contributed by atoms with Crippen molar-refractivity contribution in [2.24, 2.45) is 0 Å². The molecule has 0 bridgehead atoms. The van der Waals surface area contributed by atoms with E-state index in [9.17, 15) is 27.6 Å². The third-order valence-electron chi connectivity index (χ3n) is 4.28. The van der Waals surface area contributed by atoms with Crippen molar-refractivity contribution < 1.29 is 32.7 Å². The average molecular weight is 387 g/mol. The Balaban J connectivity index is 1.89. The highest BCUT2D eigenvalue weighted by Crippen LogP contribution is 2.29. The Kier molecular flexibility index (Phi) is 6.65. The Morgan fingerprint density at radius 1 is 1.07 bits per heavy atom. The molecule has 10 heteroatoms. The van der Waals surface area contributed by atoms with Gasteiger partial charge in [-0.3, -0.25) is 9.59 Å². The molecule has 1 fully saturated rings. The van der Waals surface area contributed by atoms with Crippen LogP contribution < -0.4 is 16.0 Å². The first kappa shape index (κ1) is 20.5. The number of hydrogen-bond donors (Lipinski definition) is 4. The highest BCUT2D eigenvalue weighted by atomic mass is 19.4. The van der Waals surface area contributed by atoms with Crippen LogP contribution in [0, 0.1) is 0 Å². The summed E-state index contributed by atoms with van der Waals surface area (Å²) in [5, 5.41) is 16.1. The van der Waals surface area contributed by atoms with Gasteiger partial charge in [-0.05, 0) is 31.0 Å². The third kappa shape index (κ3) is 6.15. The predicted octanol–water partition coefficient (Wildman–Crippen LogP) is 2.13. The van der Waals surface area contributed by atoms with Crippen LogP contribution >= 0.6 is 0 Å². The number of carbonyl (C=O) groups excluding carboxylic acids is 2. The first-order chi connectivity index (χ1) is 12.7. The van der Waals surface area contributed by atoms with Gasteiger partial charge in [0.2, 0.25) is 5.91 Å². The zero-order chi connectivity index (χ0) is 20.0. The van der Waals surface area contributed by atoms with Crippen molar-refractivity contribution in [3.8, 4) is 0 Å². The maximum Gasteiger partial charge on any atom is 0.416 e. The number of nitrogens with one attached hydrogen (secondary N) is 3. The molecule has 0 unspecified atom stereocenters. The summed E-state index contributed by atoms with van der Waals surface area (Å²) < 4.78 is 38.1. The second kappa shape index (κ2) is 8.74. The lowest BCUT2D eigenvalue weighted by atomic mass is 9.90. The highest BCUT2D eigenvalue weighted by molar-refractivity contribution is 5.96. The molecule has 27 heavy (non-hydrogen) atoms. The van der Waals surface area contributed by atoms with Gasteiger partial charge < -0.3 is 21.1 Å². The summed E-state index contributed by atoms with van der Waals surface area (Å²) in [6.07, 6.45) is -2.89. The maximum atomic E-state index is 12.7. The predicted molar refractivity (Wildman–Crippen MR) is 89.1 cm³/mol. The molecule has 2 rings (SSSR count). The molecular formula is C17H20F3N3O4. The maximum absolute atomic E-state index is 12.7. The fourth-order valence-electron chi connectivity index (χ4n) is 2.99. The minimum Gasteiger partial charge on any atom is -0.465 e. The minimum absolute atomic E-state index is 0.208. The molecule has 1 aliphatic rings. The van der Waals surface area contributed by atoms with Gasteiger partial charge in [0.05, 0.1) is 18.2 Å². The highest BCUT2D eigenvalue weighted by Gasteiger charge is 2.31. The van der Waals surface area contributed by atoms with Crippen LogP contribution in [-0.2, 0) is 11.0 Å². The normalized spacial score (nSPS) is 19.8. The van der Waals surface area contributed by atoms with Gasteiger partial charge >= 0.3 is 12.3 Å². The molecule has 148 valence electrons. The average Bonchev–Trinajstić information content (AvgIpc) is 2.60. The second-order valence-electron chi connectivity index (χ2n) is 6.28. The lowest BCUT2D eigenvalue weighted by Gasteiger charge is -2.31. The van der Waals surface area contributed by atoms with Crippen LogP contribution in [0.3, 0.4) is 0 Å². The van der Waals surface area contributed by atoms with Crippen molar-refractivity contribution in [2.75, 3.05) is 6.54 Å². The fourth-order valence-corrected chi connectivity index (χ4v) is 2.99. The Hall–Kier alpha value is -2.78. The van der Waals surface area contributed by atoms with E-state index in [2.05, 4.69) is 16.0 Å². The Morgan fingerprint density at radius 3 is 2.30 bits per heavy atom. The monoisotopic (exact) mass is 387 g/mol. The second-order valence-corrected chi connectivity index (χ2v) is 6.28. The van der Waals surface area contributed by atoms with E-state index in [1.165, 1.54) is 6.07 Å². The molecule has 7 nitrogen and oxygen atoms in total. The Labute approximate surface area is 153 Å². The number of hydrogen-bond acceptors (Lipinski definition) is 3. The molecule has 0 radical (unpaired) electrons. The summed E-state index contributed by atoms with van der Waals surface area (Å²) in [5.41, 5.74) is -1.16. The van der Waals surface area contributed by atoms with Crippen LogP contribution in [0.4, 0.5) is 18.0 Å². The molecule has 0 spiro atoms. The number of carboxylic acid groups (broad SMARTS) is 1. The van der Waals surface area contributed by atoms with Crippen molar-refractivity contribution in [1.82, 2.24) is 16.0 Å². The molecule has 1 aromatic carbocycles. The van der Waals surface area contributed by atoms with E-state index in [4.69, 9.17) is 5.11 Å². The van der Waals surface area contributed by atoms with Gasteiger partial charge in [-0.1, -0.05) is 18.9 Å². The standard InChI is InChI=1S/C17H20F3N3O4/c18-17(19,20)11-5-3-4-10(8-11)15(25)21-9-14(24)22-12-6-1-2-7-13(12)23-16(26)27/h3-5,8,12-13,23H,1-2,6-7,9H2,(H,21,25)(H,22,24)(H,26,27)/t12-,13+/m0/s1. The van der Waals surface area contributed by atoms with Gasteiger partial charge in [-0.25, -0.2) is 4.79 Å². The zero-order valence-corrected chi connectivity index (χ0v) is 14.3. The first-order valence-electron chi connectivity index (χ1n) is 8.41. The molecule has 1 saturated carbocycles. The SMILES string of the molecule is O=C(O)N[C@@H]1CCCC[C@@H]1NC(=O)CNC(=O)c1cccc(C(F)(F)F)c1. The van der Waals surface area contributed by atoms with E-state index in [1.54, 1.807) is 0 Å². The van der Waals surface area contributed by atoms with Gasteiger partial charge in [0.1, 0.15) is 0 Å². The summed E-state index contributed by atoms with van der Waals surface area (Å²) in [7, 11) is 0. The van der Waals surface area contributed by atoms with Crippen LogP contribution in [0.1, 0.15) is 41.6 Å². The van der Waals surface area contributed by atoms with Crippen LogP contribution in [0.2, 0.25) is 0 Å². The van der Waals surface area contributed by atoms with Crippen LogP contribution in [0.5, 0.6) is 0 Å². The Morgan fingerprint density at radius 2 is 1.70 bits per heavy atom. The summed E-state index contributed by atoms with van der Waals surface area (Å²) >= 11 is 0. The molecule has 3 amide bonds. The van der Waals surface area contributed by atoms with E-state index in [0.717, 1.165) is 25.0 Å². The minimum atomic E-state index is -4.57. The van der Waals surface area contributed by atoms with E-state index in [0.29, 0.717) is 18.9 Å². The summed E-state index contributed by atoms with van der Waals surface area (Å²) in [6.45, 7) is -0.425. The largest absolute Gasteiger partial charge is 0.465 e. The summed E-state index contributed by atoms with van der Waals surface area (Å²) in [5.74, 6) is -1.35. The van der Waals surface area contributed by atoms with Crippen molar-refractivity contribution >= 4 is 17.9 Å². The van der Waals surface area contributed by atoms with Gasteiger partial charge in [-0.15, -0.1) is 0 Å². The summed E-state index contributed by atoms with van der Waals surface area (Å²) in [6, 6.07) is 3.08. The fraction of sp³-hybridized carbons (Fsp3) is 0.471. The molecule has 0 aromatic heterocycles. The number of carbonyl (C=O) groups is 3. The molecule has 0 saturated heterocycles. The topological polar surface area (TPSA) is 108 Å². The van der Waals surface area contributed by atoms with Gasteiger partial charge in [0, 0.05) is 11.6 Å². The van der Waals surface area contributed by atoms with E-state index in [-0.39, 0.29) is 5.56 Å². The van der Waals surface area contributed by atoms with Crippen molar-refractivity contribution in [2.45, 2.75) is 43.9 Å². The number of benzene rings is 1. The quantitative estimate of drug-likeness (QED) is 0.621. The van der Waals surface area contributed by atoms with Gasteiger partial charge in [0.25, 0.3) is 5.91 Å². The van der Waals surface area contributed by atoms with Gasteiger partial charge in [-0.2, -0.15) is 13.2 Å². The smallest absolute Gasteiger partial charge is 0.416 e. The van der Waals surface area contributed by atoms with E-state index < -0.39 is 48.3 Å². The summed E-state index contributed by atoms with van der Waals surface area (Å²) in [4.78, 5) is 34.8. The number of halogens is 3. The molecular weight excluding hydrogens is 367 g/mol. The van der Waals surface area contributed by atoms with Gasteiger partial charge in [0.15, 0.2) is 0 Å². The van der Waals surface area contributed by atoms with E-state index in [1.807, 2.05) is 0 Å². The molecule has 0 aliphatic heterocycles. The number of rotatable bonds is 5. The first-order valence-corrected chi connectivity index (χ1v) is 8.41. The third-order valence-corrected chi connectivity index (χ3v) is 4.28. The molecule has 1 aliphatic carbocycles. The van der Waals surface area contributed by atoms with Crippen LogP contribution in [0.25, 0.3) is 0 Å². The van der Waals surface area contributed by atoms with Crippen LogP contribution in [-0.4, -0.2) is 41.6 Å². The van der Waals surface area contributed by atoms with E-state index >= 15 is 0 Å². The molecule has 4 N–H and O–H groups in total.